The van der Waals surface area contributed by atoms with Crippen LogP contribution in [0.1, 0.15) is 17.3 Å². The summed E-state index contributed by atoms with van der Waals surface area (Å²) in [5.74, 6) is -0.208. The van der Waals surface area contributed by atoms with E-state index in [1.54, 1.807) is 58.8 Å². The molecule has 0 aliphatic rings. The number of hydrogen-bond acceptors (Lipinski definition) is 6. The first-order chi connectivity index (χ1) is 13.9. The van der Waals surface area contributed by atoms with Gasteiger partial charge in [-0.3, -0.25) is 14.4 Å². The smallest absolute Gasteiger partial charge is 0.261 e. The molecule has 150 valence electrons. The van der Waals surface area contributed by atoms with Gasteiger partial charge in [-0.1, -0.05) is 11.8 Å². The third-order valence-corrected chi connectivity index (χ3v) is 5.24. The molecular formula is C19H20N6O3S. The maximum atomic E-state index is 12.5. The van der Waals surface area contributed by atoms with Gasteiger partial charge in [0.2, 0.25) is 11.8 Å². The number of rotatable bonds is 7. The molecular weight excluding hydrogens is 392 g/mol. The van der Waals surface area contributed by atoms with Crippen molar-refractivity contribution in [2.24, 2.45) is 12.8 Å². The molecule has 0 aliphatic heterocycles. The number of carbonyl (C=O) groups excluding carboxylic acids is 2. The first kappa shape index (κ1) is 20.3. The fourth-order valence-corrected chi connectivity index (χ4v) is 3.39. The van der Waals surface area contributed by atoms with Gasteiger partial charge in [0.05, 0.1) is 11.3 Å². The van der Waals surface area contributed by atoms with Crippen LogP contribution in [-0.4, -0.2) is 36.9 Å². The lowest BCUT2D eigenvalue weighted by Crippen LogP contribution is -2.20. The van der Waals surface area contributed by atoms with E-state index >= 15 is 0 Å². The van der Waals surface area contributed by atoms with Crippen molar-refractivity contribution in [1.29, 1.82) is 0 Å². The zero-order chi connectivity index (χ0) is 21.0. The highest BCUT2D eigenvalue weighted by molar-refractivity contribution is 7.99. The predicted molar refractivity (Wildman–Crippen MR) is 111 cm³/mol. The molecule has 0 saturated heterocycles. The molecule has 9 nitrogen and oxygen atoms in total. The van der Waals surface area contributed by atoms with E-state index in [2.05, 4.69) is 15.5 Å². The topological polar surface area (TPSA) is 125 Å². The summed E-state index contributed by atoms with van der Waals surface area (Å²) in [5, 5.41) is 11.5. The fraction of sp³-hybridized carbons (Fsp3) is 0.211. The molecule has 0 radical (unpaired) electrons. The number of primary amides is 1. The van der Waals surface area contributed by atoms with E-state index in [0.717, 1.165) is 0 Å². The normalized spacial score (nSPS) is 10.7. The number of anilines is 1. The summed E-state index contributed by atoms with van der Waals surface area (Å²) >= 11 is 1.21. The SMILES string of the molecule is CCn1cccc(-c2nnc(SCC(=O)Nc3ccc(C(N)=O)cc3)n2C)c1=O. The van der Waals surface area contributed by atoms with Crippen LogP contribution < -0.4 is 16.6 Å². The second-order valence-electron chi connectivity index (χ2n) is 6.16. The van der Waals surface area contributed by atoms with Crippen molar-refractivity contribution in [3.63, 3.8) is 0 Å². The summed E-state index contributed by atoms with van der Waals surface area (Å²) in [4.78, 5) is 35.8. The largest absolute Gasteiger partial charge is 0.366 e. The van der Waals surface area contributed by atoms with E-state index < -0.39 is 5.91 Å². The Kier molecular flexibility index (Phi) is 6.13. The molecule has 3 rings (SSSR count). The zero-order valence-electron chi connectivity index (χ0n) is 16.0. The lowest BCUT2D eigenvalue weighted by Gasteiger charge is -2.07. The summed E-state index contributed by atoms with van der Waals surface area (Å²) in [6.07, 6.45) is 1.72. The number of carbonyl (C=O) groups is 2. The van der Waals surface area contributed by atoms with Crippen LogP contribution in [0.3, 0.4) is 0 Å². The Hall–Kier alpha value is -3.40. The van der Waals surface area contributed by atoms with Gasteiger partial charge in [-0.25, -0.2) is 0 Å². The minimum atomic E-state index is -0.527. The van der Waals surface area contributed by atoms with Gasteiger partial charge in [0.15, 0.2) is 11.0 Å². The third kappa shape index (κ3) is 4.54. The van der Waals surface area contributed by atoms with Crippen LogP contribution in [0.4, 0.5) is 5.69 Å². The Morgan fingerprint density at radius 2 is 1.90 bits per heavy atom. The van der Waals surface area contributed by atoms with Crippen LogP contribution in [0.5, 0.6) is 0 Å². The standard InChI is InChI=1S/C19H20N6O3S/c1-3-25-10-4-5-14(18(25)28)17-22-23-19(24(17)2)29-11-15(26)21-13-8-6-12(7-9-13)16(20)27/h4-10H,3,11H2,1-2H3,(H2,20,27)(H,21,26). The number of nitrogens with zero attached hydrogens (tertiary/aromatic N) is 4. The summed E-state index contributed by atoms with van der Waals surface area (Å²) in [5.41, 5.74) is 6.44. The van der Waals surface area contributed by atoms with Gasteiger partial charge < -0.3 is 20.2 Å². The van der Waals surface area contributed by atoms with Crippen LogP contribution in [0.2, 0.25) is 0 Å². The van der Waals surface area contributed by atoms with Gasteiger partial charge in [-0.05, 0) is 43.3 Å². The van der Waals surface area contributed by atoms with Crippen molar-refractivity contribution in [2.75, 3.05) is 11.1 Å². The van der Waals surface area contributed by atoms with Crippen molar-refractivity contribution in [3.8, 4) is 11.4 Å². The number of thioether (sulfide) groups is 1. The van der Waals surface area contributed by atoms with Gasteiger partial charge >= 0.3 is 0 Å². The van der Waals surface area contributed by atoms with E-state index in [0.29, 0.717) is 34.3 Å². The number of aryl methyl sites for hydroxylation is 1. The number of pyridine rings is 1. The van der Waals surface area contributed by atoms with Crippen molar-refractivity contribution in [3.05, 3.63) is 58.5 Å². The monoisotopic (exact) mass is 412 g/mol. The molecule has 0 bridgehead atoms. The van der Waals surface area contributed by atoms with Crippen molar-refractivity contribution in [2.45, 2.75) is 18.6 Å². The molecule has 1 aromatic carbocycles. The summed E-state index contributed by atoms with van der Waals surface area (Å²) in [6, 6.07) is 9.80. The molecule has 2 aromatic heterocycles. The molecule has 29 heavy (non-hydrogen) atoms. The molecule has 0 atom stereocenters. The Balaban J connectivity index is 1.67. The molecule has 0 aliphatic carbocycles. The highest BCUT2D eigenvalue weighted by Crippen LogP contribution is 2.21. The summed E-state index contributed by atoms with van der Waals surface area (Å²) < 4.78 is 3.28. The Morgan fingerprint density at radius 1 is 1.17 bits per heavy atom. The molecule has 0 fully saturated rings. The average Bonchev–Trinajstić information content (AvgIpc) is 3.07. The molecule has 10 heteroatoms. The molecule has 3 aromatic rings. The number of hydrogen-bond donors (Lipinski definition) is 2. The molecule has 2 amide bonds. The Bertz CT molecular complexity index is 1100. The van der Waals surface area contributed by atoms with Crippen molar-refractivity contribution < 1.29 is 9.59 Å². The van der Waals surface area contributed by atoms with E-state index in [-0.39, 0.29) is 17.2 Å². The van der Waals surface area contributed by atoms with E-state index in [4.69, 9.17) is 5.73 Å². The maximum Gasteiger partial charge on any atom is 0.261 e. The fourth-order valence-electron chi connectivity index (χ4n) is 2.68. The van der Waals surface area contributed by atoms with Gasteiger partial charge in [0.1, 0.15) is 0 Å². The van der Waals surface area contributed by atoms with Gasteiger partial charge in [0, 0.05) is 31.0 Å². The van der Waals surface area contributed by atoms with Gasteiger partial charge in [0.25, 0.3) is 5.56 Å². The molecule has 0 unspecified atom stereocenters. The Morgan fingerprint density at radius 3 is 2.55 bits per heavy atom. The van der Waals surface area contributed by atoms with Crippen LogP contribution >= 0.6 is 11.8 Å². The second kappa shape index (κ2) is 8.74. The second-order valence-corrected chi connectivity index (χ2v) is 7.10. The zero-order valence-corrected chi connectivity index (χ0v) is 16.8. The number of nitrogens with two attached hydrogens (primary N) is 1. The van der Waals surface area contributed by atoms with Crippen LogP contribution in [-0.2, 0) is 18.4 Å². The molecule has 0 saturated carbocycles. The minimum absolute atomic E-state index is 0.109. The lowest BCUT2D eigenvalue weighted by molar-refractivity contribution is -0.113. The quantitative estimate of drug-likeness (QED) is 0.567. The predicted octanol–water partition coefficient (Wildman–Crippen LogP) is 1.49. The minimum Gasteiger partial charge on any atom is -0.366 e. The maximum absolute atomic E-state index is 12.5. The summed E-state index contributed by atoms with van der Waals surface area (Å²) in [7, 11) is 1.75. The van der Waals surface area contributed by atoms with Crippen LogP contribution in [0.15, 0.2) is 52.5 Å². The first-order valence-corrected chi connectivity index (χ1v) is 9.81. The number of amides is 2. The van der Waals surface area contributed by atoms with E-state index in [9.17, 15) is 14.4 Å². The van der Waals surface area contributed by atoms with E-state index in [1.165, 1.54) is 11.8 Å². The Labute approximate surface area is 170 Å². The number of benzene rings is 1. The molecule has 3 N–H and O–H groups in total. The highest BCUT2D eigenvalue weighted by atomic mass is 32.2. The van der Waals surface area contributed by atoms with Gasteiger partial charge in [-0.2, -0.15) is 0 Å². The van der Waals surface area contributed by atoms with Gasteiger partial charge in [-0.15, -0.1) is 10.2 Å². The van der Waals surface area contributed by atoms with Crippen LogP contribution in [0, 0.1) is 0 Å². The average molecular weight is 412 g/mol. The third-order valence-electron chi connectivity index (χ3n) is 4.22. The first-order valence-electron chi connectivity index (χ1n) is 8.82. The van der Waals surface area contributed by atoms with Crippen molar-refractivity contribution in [1.82, 2.24) is 19.3 Å². The summed E-state index contributed by atoms with van der Waals surface area (Å²) in [6.45, 7) is 2.45. The van der Waals surface area contributed by atoms with Crippen molar-refractivity contribution >= 4 is 29.3 Å². The van der Waals surface area contributed by atoms with E-state index in [1.807, 2.05) is 6.92 Å². The number of aromatic nitrogens is 4. The molecule has 0 spiro atoms. The van der Waals surface area contributed by atoms with Crippen LogP contribution in [0.25, 0.3) is 11.4 Å². The highest BCUT2D eigenvalue weighted by Gasteiger charge is 2.16. The number of nitrogens with one attached hydrogen (secondary N) is 1. The molecule has 2 heterocycles. The lowest BCUT2D eigenvalue weighted by atomic mass is 10.2.